The first-order chi connectivity index (χ1) is 9.17. The number of hydrogen-bond donors (Lipinski definition) is 1. The largest absolute Gasteiger partial charge is 0.344 e. The summed E-state index contributed by atoms with van der Waals surface area (Å²) in [6.07, 6.45) is 1.16. The standard InChI is InChI=1S/C14H25N3S2/c1-5-10(2)13-12(8-15-4)19-14(16-13)17-6-7-18-9-11(17)3/h10-11,15H,5-9H2,1-4H3. The van der Waals surface area contributed by atoms with E-state index in [1.807, 2.05) is 18.4 Å². The van der Waals surface area contributed by atoms with Gasteiger partial charge in [0.15, 0.2) is 5.13 Å². The van der Waals surface area contributed by atoms with Gasteiger partial charge in [0.1, 0.15) is 0 Å². The lowest BCUT2D eigenvalue weighted by Crippen LogP contribution is -2.40. The molecule has 2 rings (SSSR count). The summed E-state index contributed by atoms with van der Waals surface area (Å²) in [7, 11) is 2.01. The molecular weight excluding hydrogens is 274 g/mol. The van der Waals surface area contributed by atoms with Crippen LogP contribution in [0.15, 0.2) is 0 Å². The minimum atomic E-state index is 0.558. The van der Waals surface area contributed by atoms with Crippen LogP contribution in [-0.2, 0) is 6.54 Å². The molecule has 0 aliphatic carbocycles. The molecule has 1 aliphatic rings. The van der Waals surface area contributed by atoms with E-state index in [0.717, 1.165) is 19.5 Å². The second-order valence-corrected chi connectivity index (χ2v) is 7.47. The number of thiazole rings is 1. The van der Waals surface area contributed by atoms with E-state index < -0.39 is 0 Å². The molecule has 1 saturated heterocycles. The van der Waals surface area contributed by atoms with Crippen LogP contribution in [0.1, 0.15) is 43.7 Å². The Hall–Kier alpha value is -0.260. The van der Waals surface area contributed by atoms with Crippen LogP contribution in [0.25, 0.3) is 0 Å². The van der Waals surface area contributed by atoms with Crippen molar-refractivity contribution in [3.8, 4) is 0 Å². The third-order valence-corrected chi connectivity index (χ3v) is 6.04. The van der Waals surface area contributed by atoms with Crippen LogP contribution in [0.4, 0.5) is 5.13 Å². The molecule has 1 aliphatic heterocycles. The molecule has 1 aromatic heterocycles. The fourth-order valence-corrected chi connectivity index (χ4v) is 4.68. The van der Waals surface area contributed by atoms with Crippen molar-refractivity contribution >= 4 is 28.2 Å². The lowest BCUT2D eigenvalue weighted by atomic mass is 10.0. The van der Waals surface area contributed by atoms with E-state index in [2.05, 4.69) is 42.7 Å². The molecule has 0 spiro atoms. The Morgan fingerprint density at radius 1 is 1.53 bits per heavy atom. The highest BCUT2D eigenvalue weighted by atomic mass is 32.2. The van der Waals surface area contributed by atoms with Crippen LogP contribution in [0.2, 0.25) is 0 Å². The fourth-order valence-electron chi connectivity index (χ4n) is 2.35. The van der Waals surface area contributed by atoms with Crippen LogP contribution < -0.4 is 10.2 Å². The highest BCUT2D eigenvalue weighted by Crippen LogP contribution is 2.34. The van der Waals surface area contributed by atoms with Crippen molar-refractivity contribution in [3.63, 3.8) is 0 Å². The third-order valence-electron chi connectivity index (χ3n) is 3.75. The fraction of sp³-hybridized carbons (Fsp3) is 0.786. The molecule has 1 aromatic rings. The summed E-state index contributed by atoms with van der Waals surface area (Å²) in [5, 5.41) is 4.51. The minimum absolute atomic E-state index is 0.558. The first kappa shape index (κ1) is 15.1. The number of rotatable bonds is 5. The Bertz CT molecular complexity index is 405. The lowest BCUT2D eigenvalue weighted by Gasteiger charge is -2.32. The molecule has 2 atom stereocenters. The van der Waals surface area contributed by atoms with E-state index in [0.29, 0.717) is 12.0 Å². The van der Waals surface area contributed by atoms with Crippen LogP contribution in [0, 0.1) is 0 Å². The van der Waals surface area contributed by atoms with Crippen molar-refractivity contribution in [3.05, 3.63) is 10.6 Å². The number of nitrogens with zero attached hydrogens (tertiary/aromatic N) is 2. The van der Waals surface area contributed by atoms with Crippen molar-refractivity contribution < 1.29 is 0 Å². The van der Waals surface area contributed by atoms with Gasteiger partial charge in [0.25, 0.3) is 0 Å². The van der Waals surface area contributed by atoms with Gasteiger partial charge in [0.2, 0.25) is 0 Å². The third kappa shape index (κ3) is 3.44. The highest BCUT2D eigenvalue weighted by Gasteiger charge is 2.24. The predicted molar refractivity (Wildman–Crippen MR) is 87.7 cm³/mol. The zero-order valence-corrected chi connectivity index (χ0v) is 14.0. The number of hydrogen-bond acceptors (Lipinski definition) is 5. The summed E-state index contributed by atoms with van der Waals surface area (Å²) in [6.45, 7) is 8.92. The molecule has 0 aromatic carbocycles. The molecule has 0 amide bonds. The first-order valence-electron chi connectivity index (χ1n) is 7.15. The molecule has 2 heterocycles. The Kier molecular flexibility index (Phi) is 5.54. The summed E-state index contributed by atoms with van der Waals surface area (Å²) in [6, 6.07) is 0.608. The molecule has 5 heteroatoms. The van der Waals surface area contributed by atoms with Gasteiger partial charge in [-0.05, 0) is 26.3 Å². The minimum Gasteiger partial charge on any atom is -0.344 e. The van der Waals surface area contributed by atoms with Gasteiger partial charge in [-0.15, -0.1) is 11.3 Å². The van der Waals surface area contributed by atoms with Crippen molar-refractivity contribution in [2.75, 3.05) is 30.0 Å². The summed E-state index contributed by atoms with van der Waals surface area (Å²) < 4.78 is 0. The summed E-state index contributed by atoms with van der Waals surface area (Å²) >= 11 is 3.94. The van der Waals surface area contributed by atoms with Crippen molar-refractivity contribution in [2.24, 2.45) is 0 Å². The number of thioether (sulfide) groups is 1. The monoisotopic (exact) mass is 299 g/mol. The molecule has 19 heavy (non-hydrogen) atoms. The molecule has 2 unspecified atom stereocenters. The maximum absolute atomic E-state index is 4.97. The van der Waals surface area contributed by atoms with E-state index in [-0.39, 0.29) is 0 Å². The van der Waals surface area contributed by atoms with Gasteiger partial charge in [0.05, 0.1) is 5.69 Å². The zero-order chi connectivity index (χ0) is 13.8. The van der Waals surface area contributed by atoms with Gasteiger partial charge in [-0.3, -0.25) is 0 Å². The second-order valence-electron chi connectivity index (χ2n) is 5.26. The lowest BCUT2D eigenvalue weighted by molar-refractivity contribution is 0.675. The molecule has 0 saturated carbocycles. The summed E-state index contributed by atoms with van der Waals surface area (Å²) in [5.41, 5.74) is 1.31. The van der Waals surface area contributed by atoms with Crippen molar-refractivity contribution in [1.82, 2.24) is 10.3 Å². The smallest absolute Gasteiger partial charge is 0.186 e. The van der Waals surface area contributed by atoms with Crippen LogP contribution in [0.5, 0.6) is 0 Å². The molecule has 3 nitrogen and oxygen atoms in total. The Morgan fingerprint density at radius 3 is 2.95 bits per heavy atom. The topological polar surface area (TPSA) is 28.2 Å². The molecule has 0 radical (unpaired) electrons. The number of nitrogens with one attached hydrogen (secondary N) is 1. The Balaban J connectivity index is 2.25. The van der Waals surface area contributed by atoms with Gasteiger partial charge in [-0.25, -0.2) is 4.98 Å². The molecule has 1 fully saturated rings. The average molecular weight is 300 g/mol. The van der Waals surface area contributed by atoms with E-state index in [9.17, 15) is 0 Å². The first-order valence-corrected chi connectivity index (χ1v) is 9.13. The second kappa shape index (κ2) is 6.95. The van der Waals surface area contributed by atoms with Crippen LogP contribution in [-0.4, -0.2) is 36.1 Å². The number of aromatic nitrogens is 1. The zero-order valence-electron chi connectivity index (χ0n) is 12.4. The van der Waals surface area contributed by atoms with Crippen LogP contribution in [0.3, 0.4) is 0 Å². The molecule has 1 N–H and O–H groups in total. The van der Waals surface area contributed by atoms with E-state index in [4.69, 9.17) is 4.98 Å². The Labute approximate surface area is 125 Å². The average Bonchev–Trinajstić information content (AvgIpc) is 2.83. The van der Waals surface area contributed by atoms with Gasteiger partial charge in [0, 0.05) is 35.5 Å². The normalized spacial score (nSPS) is 21.7. The van der Waals surface area contributed by atoms with Gasteiger partial charge in [-0.2, -0.15) is 11.8 Å². The van der Waals surface area contributed by atoms with Crippen molar-refractivity contribution in [1.29, 1.82) is 0 Å². The predicted octanol–water partition coefficient (Wildman–Crippen LogP) is 3.32. The highest BCUT2D eigenvalue weighted by molar-refractivity contribution is 7.99. The van der Waals surface area contributed by atoms with Crippen molar-refractivity contribution in [2.45, 2.75) is 45.7 Å². The summed E-state index contributed by atoms with van der Waals surface area (Å²) in [4.78, 5) is 8.88. The summed E-state index contributed by atoms with van der Waals surface area (Å²) in [5.74, 6) is 3.01. The number of anilines is 1. The van der Waals surface area contributed by atoms with E-state index >= 15 is 0 Å². The Morgan fingerprint density at radius 2 is 2.32 bits per heavy atom. The quantitative estimate of drug-likeness (QED) is 0.903. The maximum Gasteiger partial charge on any atom is 0.186 e. The molecule has 0 bridgehead atoms. The van der Waals surface area contributed by atoms with E-state index in [1.54, 1.807) is 0 Å². The maximum atomic E-state index is 4.97. The molecule has 108 valence electrons. The van der Waals surface area contributed by atoms with Crippen LogP contribution >= 0.6 is 23.1 Å². The van der Waals surface area contributed by atoms with Gasteiger partial charge >= 0.3 is 0 Å². The molecular formula is C14H25N3S2. The van der Waals surface area contributed by atoms with Gasteiger partial charge in [-0.1, -0.05) is 13.8 Å². The van der Waals surface area contributed by atoms with Gasteiger partial charge < -0.3 is 10.2 Å². The van der Waals surface area contributed by atoms with E-state index in [1.165, 1.54) is 27.2 Å². The SMILES string of the molecule is CCC(C)c1nc(N2CCSCC2C)sc1CNC.